The van der Waals surface area contributed by atoms with E-state index >= 15 is 0 Å². The molecule has 0 aliphatic carbocycles. The lowest BCUT2D eigenvalue weighted by atomic mass is 10.2. The number of aromatic nitrogens is 4. The van der Waals surface area contributed by atoms with Crippen molar-refractivity contribution in [3.63, 3.8) is 0 Å². The van der Waals surface area contributed by atoms with Gasteiger partial charge in [0.15, 0.2) is 9.35 Å². The van der Waals surface area contributed by atoms with E-state index in [1.165, 1.54) is 6.20 Å². The Morgan fingerprint density at radius 2 is 2.17 bits per heavy atom. The summed E-state index contributed by atoms with van der Waals surface area (Å²) in [5.41, 5.74) is 0.208. The minimum atomic E-state index is -0.605. The highest BCUT2D eigenvalue weighted by Crippen LogP contribution is 2.19. The standard InChI is InChI=1S/C10H10ClIN4O2/c1-10(2,3)18-9(17)16-8-6(7(12)15-16)13-4-5(11)14-8/h4H,1-3H3. The molecular weight excluding hydrogens is 370 g/mol. The summed E-state index contributed by atoms with van der Waals surface area (Å²) in [6, 6.07) is 0. The Bertz CT molecular complexity index is 620. The second kappa shape index (κ2) is 4.61. The van der Waals surface area contributed by atoms with E-state index in [0.717, 1.165) is 4.68 Å². The van der Waals surface area contributed by atoms with Crippen molar-refractivity contribution >= 4 is 51.4 Å². The lowest BCUT2D eigenvalue weighted by Gasteiger charge is -2.18. The van der Waals surface area contributed by atoms with E-state index < -0.39 is 11.7 Å². The van der Waals surface area contributed by atoms with E-state index in [4.69, 9.17) is 16.3 Å². The number of halogens is 2. The first-order valence-electron chi connectivity index (χ1n) is 5.08. The predicted octanol–water partition coefficient (Wildman–Crippen LogP) is 2.87. The summed E-state index contributed by atoms with van der Waals surface area (Å²) in [7, 11) is 0. The Morgan fingerprint density at radius 3 is 2.78 bits per heavy atom. The molecule has 2 rings (SSSR count). The molecule has 2 aromatic heterocycles. The van der Waals surface area contributed by atoms with Crippen molar-refractivity contribution < 1.29 is 9.53 Å². The zero-order chi connectivity index (χ0) is 13.5. The topological polar surface area (TPSA) is 69.9 Å². The number of carbonyl (C=O) groups is 1. The maximum atomic E-state index is 12.0. The Hall–Kier alpha value is -0.960. The van der Waals surface area contributed by atoms with Crippen LogP contribution < -0.4 is 0 Å². The Labute approximate surface area is 122 Å². The Morgan fingerprint density at radius 1 is 1.50 bits per heavy atom. The van der Waals surface area contributed by atoms with Gasteiger partial charge in [-0.3, -0.25) is 0 Å². The number of fused-ring (bicyclic) bond motifs is 1. The highest BCUT2D eigenvalue weighted by molar-refractivity contribution is 14.1. The van der Waals surface area contributed by atoms with Crippen molar-refractivity contribution in [3.8, 4) is 0 Å². The number of hydrogen-bond acceptors (Lipinski definition) is 5. The second-order valence-electron chi connectivity index (χ2n) is 4.55. The van der Waals surface area contributed by atoms with Gasteiger partial charge in [0, 0.05) is 0 Å². The van der Waals surface area contributed by atoms with Gasteiger partial charge in [0.05, 0.1) is 6.20 Å². The summed E-state index contributed by atoms with van der Waals surface area (Å²) in [5, 5.41) is 4.26. The summed E-state index contributed by atoms with van der Waals surface area (Å²) in [6.45, 7) is 5.33. The molecule has 0 aromatic carbocycles. The van der Waals surface area contributed by atoms with Crippen LogP contribution in [0, 0.1) is 3.70 Å². The average Bonchev–Trinajstić information content (AvgIpc) is 2.53. The molecule has 0 saturated heterocycles. The first kappa shape index (κ1) is 13.5. The molecule has 0 aliphatic rings. The zero-order valence-electron chi connectivity index (χ0n) is 9.94. The molecule has 0 aliphatic heterocycles. The van der Waals surface area contributed by atoms with Crippen molar-refractivity contribution in [3.05, 3.63) is 15.1 Å². The van der Waals surface area contributed by atoms with Gasteiger partial charge in [-0.05, 0) is 43.4 Å². The van der Waals surface area contributed by atoms with Crippen molar-refractivity contribution in [1.29, 1.82) is 0 Å². The van der Waals surface area contributed by atoms with Gasteiger partial charge in [0.1, 0.15) is 16.3 Å². The van der Waals surface area contributed by atoms with Crippen LogP contribution in [0.1, 0.15) is 20.8 Å². The van der Waals surface area contributed by atoms with Crippen molar-refractivity contribution in [1.82, 2.24) is 19.7 Å². The van der Waals surface area contributed by atoms with Gasteiger partial charge in [-0.1, -0.05) is 11.6 Å². The molecule has 18 heavy (non-hydrogen) atoms. The van der Waals surface area contributed by atoms with E-state index in [9.17, 15) is 4.79 Å². The first-order chi connectivity index (χ1) is 8.28. The third kappa shape index (κ3) is 2.72. The lowest BCUT2D eigenvalue weighted by Crippen LogP contribution is -2.28. The molecule has 8 heteroatoms. The SMILES string of the molecule is CC(C)(C)OC(=O)n1nc(I)c2ncc(Cl)nc21. The molecule has 0 N–H and O–H groups in total. The van der Waals surface area contributed by atoms with Crippen LogP contribution in [0.15, 0.2) is 6.20 Å². The fourth-order valence-corrected chi connectivity index (χ4v) is 1.99. The average molecular weight is 381 g/mol. The van der Waals surface area contributed by atoms with Crippen LogP contribution in [0.4, 0.5) is 4.79 Å². The van der Waals surface area contributed by atoms with Crippen LogP contribution >= 0.6 is 34.2 Å². The molecule has 0 spiro atoms. The van der Waals surface area contributed by atoms with Gasteiger partial charge in [-0.15, -0.1) is 4.68 Å². The number of rotatable bonds is 0. The summed E-state index contributed by atoms with van der Waals surface area (Å²) in [6.07, 6.45) is 0.805. The largest absolute Gasteiger partial charge is 0.442 e. The normalized spacial score (nSPS) is 11.8. The van der Waals surface area contributed by atoms with E-state index in [1.54, 1.807) is 20.8 Å². The molecule has 0 saturated carbocycles. The van der Waals surface area contributed by atoms with Crippen molar-refractivity contribution in [2.75, 3.05) is 0 Å². The quantitative estimate of drug-likeness (QED) is 0.657. The van der Waals surface area contributed by atoms with Gasteiger partial charge in [0.25, 0.3) is 0 Å². The molecule has 0 unspecified atom stereocenters. The Balaban J connectivity index is 2.51. The summed E-state index contributed by atoms with van der Waals surface area (Å²) < 4.78 is 6.87. The molecule has 6 nitrogen and oxygen atoms in total. The maximum Gasteiger partial charge on any atom is 0.437 e. The fourth-order valence-electron chi connectivity index (χ4n) is 1.27. The van der Waals surface area contributed by atoms with Crippen LogP contribution in [0.5, 0.6) is 0 Å². The van der Waals surface area contributed by atoms with E-state index in [1.807, 2.05) is 22.6 Å². The molecule has 0 fully saturated rings. The molecule has 2 heterocycles. The number of carbonyl (C=O) groups excluding carboxylic acids is 1. The number of ether oxygens (including phenoxy) is 1. The number of hydrogen-bond donors (Lipinski definition) is 0. The summed E-state index contributed by atoms with van der Waals surface area (Å²) in [4.78, 5) is 20.1. The molecule has 0 bridgehead atoms. The van der Waals surface area contributed by atoms with Crippen LogP contribution in [0.2, 0.25) is 5.15 Å². The molecule has 0 amide bonds. The van der Waals surface area contributed by atoms with E-state index in [2.05, 4.69) is 15.1 Å². The monoisotopic (exact) mass is 380 g/mol. The highest BCUT2D eigenvalue weighted by atomic mass is 127. The van der Waals surface area contributed by atoms with Gasteiger partial charge < -0.3 is 4.74 Å². The Kier molecular flexibility index (Phi) is 3.45. The van der Waals surface area contributed by atoms with Gasteiger partial charge in [0.2, 0.25) is 0 Å². The zero-order valence-corrected chi connectivity index (χ0v) is 12.9. The fraction of sp³-hybridized carbons (Fsp3) is 0.400. The van der Waals surface area contributed by atoms with Gasteiger partial charge >= 0.3 is 6.09 Å². The second-order valence-corrected chi connectivity index (χ2v) is 5.96. The minimum absolute atomic E-state index is 0.198. The predicted molar refractivity (Wildman–Crippen MR) is 74.7 cm³/mol. The maximum absolute atomic E-state index is 12.0. The van der Waals surface area contributed by atoms with E-state index in [0.29, 0.717) is 14.9 Å². The van der Waals surface area contributed by atoms with Crippen LogP contribution in [0.3, 0.4) is 0 Å². The van der Waals surface area contributed by atoms with E-state index in [-0.39, 0.29) is 5.15 Å². The first-order valence-corrected chi connectivity index (χ1v) is 6.54. The van der Waals surface area contributed by atoms with Crippen LogP contribution in [-0.2, 0) is 4.74 Å². The lowest BCUT2D eigenvalue weighted by molar-refractivity contribution is 0.0521. The third-order valence-electron chi connectivity index (χ3n) is 1.87. The molecule has 96 valence electrons. The van der Waals surface area contributed by atoms with Crippen molar-refractivity contribution in [2.45, 2.75) is 26.4 Å². The van der Waals surface area contributed by atoms with Gasteiger partial charge in [-0.2, -0.15) is 5.10 Å². The molecular formula is C10H10ClIN4O2. The third-order valence-corrected chi connectivity index (χ3v) is 2.78. The number of nitrogens with zero attached hydrogens (tertiary/aromatic N) is 4. The molecule has 0 radical (unpaired) electrons. The summed E-state index contributed by atoms with van der Waals surface area (Å²) >= 11 is 7.74. The molecule has 0 atom stereocenters. The van der Waals surface area contributed by atoms with Crippen molar-refractivity contribution in [2.24, 2.45) is 0 Å². The minimum Gasteiger partial charge on any atom is -0.442 e. The highest BCUT2D eigenvalue weighted by Gasteiger charge is 2.23. The van der Waals surface area contributed by atoms with Crippen LogP contribution in [0.25, 0.3) is 11.2 Å². The smallest absolute Gasteiger partial charge is 0.437 e. The van der Waals surface area contributed by atoms with Crippen LogP contribution in [-0.4, -0.2) is 31.4 Å². The van der Waals surface area contributed by atoms with Gasteiger partial charge in [-0.25, -0.2) is 14.8 Å². The summed E-state index contributed by atoms with van der Waals surface area (Å²) in [5.74, 6) is 0. The molecule has 2 aromatic rings.